The van der Waals surface area contributed by atoms with E-state index in [-0.39, 0.29) is 0 Å². The Morgan fingerprint density at radius 3 is 2.14 bits per heavy atom. The van der Waals surface area contributed by atoms with Crippen LogP contribution in [0.15, 0.2) is 6.07 Å². The maximum Gasteiger partial charge on any atom is 0.152 e. The highest BCUT2D eigenvalue weighted by molar-refractivity contribution is 6.31. The molecular weight excluding hydrogens is 215 g/mol. The fourth-order valence-corrected chi connectivity index (χ4v) is 1.31. The first-order valence-electron chi connectivity index (χ1n) is 3.87. The second kappa shape index (κ2) is 3.44. The molecule has 1 aromatic carbocycles. The summed E-state index contributed by atoms with van der Waals surface area (Å²) in [5.41, 5.74) is 3.86. The van der Waals surface area contributed by atoms with Gasteiger partial charge in [0.2, 0.25) is 0 Å². The van der Waals surface area contributed by atoms with Gasteiger partial charge in [-0.2, -0.15) is 0 Å². The molecule has 0 heterocycles. The van der Waals surface area contributed by atoms with Crippen molar-refractivity contribution in [3.8, 4) is 0 Å². The number of benzene rings is 1. The Labute approximate surface area is 84.7 Å². The van der Waals surface area contributed by atoms with E-state index in [0.29, 0.717) is 6.07 Å². The normalized spacial score (nSPS) is 11.9. The van der Waals surface area contributed by atoms with Gasteiger partial charge in [-0.05, 0) is 13.8 Å². The van der Waals surface area contributed by atoms with Gasteiger partial charge in [0.25, 0.3) is 0 Å². The number of hydrogen-bond acceptors (Lipinski definition) is 1. The molecular formula is C9H9ClF3N. The second-order valence-electron chi connectivity index (χ2n) is 3.56. The van der Waals surface area contributed by atoms with Crippen LogP contribution in [0.4, 0.5) is 13.2 Å². The van der Waals surface area contributed by atoms with Crippen molar-refractivity contribution in [3.63, 3.8) is 0 Å². The summed E-state index contributed by atoms with van der Waals surface area (Å²) in [5.74, 6) is -3.30. The Balaban J connectivity index is 3.53. The van der Waals surface area contributed by atoms with E-state index in [9.17, 15) is 13.2 Å². The van der Waals surface area contributed by atoms with Gasteiger partial charge in [0.15, 0.2) is 5.82 Å². The molecule has 1 nitrogen and oxygen atoms in total. The van der Waals surface area contributed by atoms with Crippen molar-refractivity contribution in [1.82, 2.24) is 0 Å². The zero-order chi connectivity index (χ0) is 11.1. The SMILES string of the molecule is CC(C)(N)c1c(F)cc(F)c(Cl)c1F. The first kappa shape index (κ1) is 11.3. The fourth-order valence-electron chi connectivity index (χ4n) is 1.16. The Kier molecular flexibility index (Phi) is 2.78. The molecule has 0 radical (unpaired) electrons. The molecule has 14 heavy (non-hydrogen) atoms. The summed E-state index contributed by atoms with van der Waals surface area (Å²) in [7, 11) is 0. The van der Waals surface area contributed by atoms with Crippen molar-refractivity contribution in [2.24, 2.45) is 5.73 Å². The first-order valence-corrected chi connectivity index (χ1v) is 4.25. The summed E-state index contributed by atoms with van der Waals surface area (Å²) >= 11 is 5.29. The number of halogens is 4. The maximum atomic E-state index is 13.3. The van der Waals surface area contributed by atoms with Crippen molar-refractivity contribution >= 4 is 11.6 Å². The van der Waals surface area contributed by atoms with Crippen LogP contribution < -0.4 is 5.73 Å². The lowest BCUT2D eigenvalue weighted by Crippen LogP contribution is -2.31. The topological polar surface area (TPSA) is 26.0 Å². The highest BCUT2D eigenvalue weighted by Gasteiger charge is 2.27. The predicted molar refractivity (Wildman–Crippen MR) is 48.5 cm³/mol. The number of hydrogen-bond donors (Lipinski definition) is 1. The van der Waals surface area contributed by atoms with Crippen LogP contribution in [0.5, 0.6) is 0 Å². The molecule has 0 saturated carbocycles. The molecule has 1 rings (SSSR count). The average molecular weight is 224 g/mol. The summed E-state index contributed by atoms with van der Waals surface area (Å²) in [5, 5.41) is -0.736. The summed E-state index contributed by atoms with van der Waals surface area (Å²) in [6.45, 7) is 2.81. The molecule has 0 aliphatic heterocycles. The summed E-state index contributed by atoms with van der Waals surface area (Å²) in [6.07, 6.45) is 0. The standard InChI is InChI=1S/C9H9ClF3N/c1-9(2,14)6-4(11)3-5(12)7(10)8(6)13/h3H,14H2,1-2H3. The van der Waals surface area contributed by atoms with Crippen molar-refractivity contribution < 1.29 is 13.2 Å². The molecule has 0 unspecified atom stereocenters. The van der Waals surface area contributed by atoms with Gasteiger partial charge < -0.3 is 5.73 Å². The van der Waals surface area contributed by atoms with Gasteiger partial charge in [-0.15, -0.1) is 0 Å². The van der Waals surface area contributed by atoms with Crippen LogP contribution in [0.2, 0.25) is 5.02 Å². The monoisotopic (exact) mass is 223 g/mol. The van der Waals surface area contributed by atoms with E-state index in [4.69, 9.17) is 17.3 Å². The van der Waals surface area contributed by atoms with Gasteiger partial charge >= 0.3 is 0 Å². The highest BCUT2D eigenvalue weighted by Crippen LogP contribution is 2.30. The molecule has 0 fully saturated rings. The van der Waals surface area contributed by atoms with Gasteiger partial charge in [-0.3, -0.25) is 0 Å². The van der Waals surface area contributed by atoms with Gasteiger partial charge in [-0.25, -0.2) is 13.2 Å². The van der Waals surface area contributed by atoms with E-state index in [1.165, 1.54) is 13.8 Å². The smallest absolute Gasteiger partial charge is 0.152 e. The summed E-state index contributed by atoms with van der Waals surface area (Å²) < 4.78 is 39.3. The third kappa shape index (κ3) is 1.86. The van der Waals surface area contributed by atoms with Crippen molar-refractivity contribution in [1.29, 1.82) is 0 Å². The minimum Gasteiger partial charge on any atom is -0.322 e. The molecule has 0 bridgehead atoms. The van der Waals surface area contributed by atoms with Crippen LogP contribution in [-0.4, -0.2) is 0 Å². The van der Waals surface area contributed by atoms with Crippen molar-refractivity contribution in [2.45, 2.75) is 19.4 Å². The molecule has 0 amide bonds. The van der Waals surface area contributed by atoms with Crippen LogP contribution in [-0.2, 0) is 5.54 Å². The molecule has 0 saturated heterocycles. The first-order chi connectivity index (χ1) is 6.25. The molecule has 78 valence electrons. The van der Waals surface area contributed by atoms with Crippen LogP contribution >= 0.6 is 11.6 Å². The lowest BCUT2D eigenvalue weighted by atomic mass is 9.94. The average Bonchev–Trinajstić information content (AvgIpc) is 1.97. The molecule has 5 heteroatoms. The van der Waals surface area contributed by atoms with Crippen molar-refractivity contribution in [2.75, 3.05) is 0 Å². The largest absolute Gasteiger partial charge is 0.322 e. The van der Waals surface area contributed by atoms with E-state index in [1.807, 2.05) is 0 Å². The van der Waals surface area contributed by atoms with E-state index in [1.54, 1.807) is 0 Å². The minimum atomic E-state index is -1.24. The van der Waals surface area contributed by atoms with Gasteiger partial charge in [-0.1, -0.05) is 11.6 Å². The predicted octanol–water partition coefficient (Wildman–Crippen LogP) is 2.95. The van der Waals surface area contributed by atoms with Gasteiger partial charge in [0.05, 0.1) is 0 Å². The number of nitrogens with two attached hydrogens (primary N) is 1. The van der Waals surface area contributed by atoms with Crippen LogP contribution in [0, 0.1) is 17.5 Å². The molecule has 0 aliphatic rings. The second-order valence-corrected chi connectivity index (χ2v) is 3.94. The molecule has 0 aromatic heterocycles. The van der Waals surface area contributed by atoms with Gasteiger partial charge in [0.1, 0.15) is 16.7 Å². The molecule has 2 N–H and O–H groups in total. The van der Waals surface area contributed by atoms with E-state index in [0.717, 1.165) is 0 Å². The molecule has 0 atom stereocenters. The quantitative estimate of drug-likeness (QED) is 0.575. The maximum absolute atomic E-state index is 13.3. The van der Waals surface area contributed by atoms with Gasteiger partial charge in [0, 0.05) is 17.2 Å². The Bertz CT molecular complexity index is 371. The highest BCUT2D eigenvalue weighted by atomic mass is 35.5. The molecule has 1 aromatic rings. The van der Waals surface area contributed by atoms with Crippen LogP contribution in [0.3, 0.4) is 0 Å². The lowest BCUT2D eigenvalue weighted by molar-refractivity contribution is 0.449. The Morgan fingerprint density at radius 1 is 1.21 bits per heavy atom. The van der Waals surface area contributed by atoms with E-state index >= 15 is 0 Å². The lowest BCUT2D eigenvalue weighted by Gasteiger charge is -2.21. The summed E-state index contributed by atoms with van der Waals surface area (Å²) in [4.78, 5) is 0. The zero-order valence-corrected chi connectivity index (χ0v) is 8.42. The molecule has 0 aliphatic carbocycles. The fraction of sp³-hybridized carbons (Fsp3) is 0.333. The van der Waals surface area contributed by atoms with Crippen LogP contribution in [0.25, 0.3) is 0 Å². The molecule has 0 spiro atoms. The van der Waals surface area contributed by atoms with E-state index < -0.39 is 33.6 Å². The Hall–Kier alpha value is -0.740. The van der Waals surface area contributed by atoms with E-state index in [2.05, 4.69) is 0 Å². The third-order valence-electron chi connectivity index (χ3n) is 1.76. The minimum absolute atomic E-state index is 0.413. The summed E-state index contributed by atoms with van der Waals surface area (Å²) in [6, 6.07) is 0.523. The zero-order valence-electron chi connectivity index (χ0n) is 7.67. The number of rotatable bonds is 1. The third-order valence-corrected chi connectivity index (χ3v) is 2.10. The Morgan fingerprint density at radius 2 is 1.71 bits per heavy atom. The van der Waals surface area contributed by atoms with Crippen LogP contribution in [0.1, 0.15) is 19.4 Å². The van der Waals surface area contributed by atoms with Crippen molar-refractivity contribution in [3.05, 3.63) is 34.1 Å².